The number of aromatic nitrogens is 1. The van der Waals surface area contributed by atoms with Gasteiger partial charge in [-0.2, -0.15) is 0 Å². The van der Waals surface area contributed by atoms with Gasteiger partial charge in [-0.25, -0.2) is 4.90 Å². The average Bonchev–Trinajstić information content (AvgIpc) is 3.38. The van der Waals surface area contributed by atoms with Gasteiger partial charge in [-0.3, -0.25) is 14.4 Å². The van der Waals surface area contributed by atoms with Crippen LogP contribution in [-0.2, 0) is 16.2 Å². The summed E-state index contributed by atoms with van der Waals surface area (Å²) >= 11 is 2.38. The van der Waals surface area contributed by atoms with Crippen molar-refractivity contribution in [3.8, 4) is 5.75 Å². The summed E-state index contributed by atoms with van der Waals surface area (Å²) in [6.07, 6.45) is 0. The Morgan fingerprint density at radius 1 is 0.857 bits per heavy atom. The Kier molecular flexibility index (Phi) is 5.54. The van der Waals surface area contributed by atoms with Crippen molar-refractivity contribution in [2.24, 2.45) is 5.92 Å². The molecule has 174 valence electrons. The van der Waals surface area contributed by atoms with Gasteiger partial charge in [-0.05, 0) is 35.4 Å². The first-order valence-corrected chi connectivity index (χ1v) is 12.9. The zero-order valence-electron chi connectivity index (χ0n) is 18.4. The van der Waals surface area contributed by atoms with E-state index in [-0.39, 0.29) is 16.7 Å². The Morgan fingerprint density at radius 2 is 1.60 bits per heavy atom. The fraction of sp³-hybridized carbons (Fsp3) is 0.148. The summed E-state index contributed by atoms with van der Waals surface area (Å²) in [5.74, 6) is -0.870. The number of thiazole rings is 1. The highest BCUT2D eigenvalue weighted by atomic mass is 32.2. The van der Waals surface area contributed by atoms with E-state index >= 15 is 0 Å². The van der Waals surface area contributed by atoms with Gasteiger partial charge in [0.2, 0.25) is 11.8 Å². The fourth-order valence-corrected chi connectivity index (χ4v) is 7.26. The molecule has 0 bridgehead atoms. The Bertz CT molecular complexity index is 1470. The summed E-state index contributed by atoms with van der Waals surface area (Å²) in [5, 5.41) is 0.0530. The Hall–Kier alpha value is -3.62. The smallest absolute Gasteiger partial charge is 0.305 e. The number of para-hydroxylation sites is 1. The first-order valence-electron chi connectivity index (χ1n) is 11.2. The fourth-order valence-electron chi connectivity index (χ4n) is 4.75. The highest BCUT2D eigenvalue weighted by molar-refractivity contribution is 8.00. The quantitative estimate of drug-likeness (QED) is 0.398. The SMILES string of the molecule is O=C1C2Sc3[nH]c(=O)sc3C(c3cccc(OCc4ccccc4)c3)C2C(=O)N1c1ccccc1. The van der Waals surface area contributed by atoms with Crippen molar-refractivity contribution in [2.45, 2.75) is 22.8 Å². The monoisotopic (exact) mass is 500 g/mol. The Balaban J connectivity index is 1.39. The maximum absolute atomic E-state index is 13.7. The molecule has 0 aliphatic carbocycles. The zero-order valence-corrected chi connectivity index (χ0v) is 20.1. The largest absolute Gasteiger partial charge is 0.489 e. The number of carbonyl (C=O) groups excluding carboxylic acids is 2. The lowest BCUT2D eigenvalue weighted by Crippen LogP contribution is -2.32. The van der Waals surface area contributed by atoms with E-state index in [2.05, 4.69) is 4.98 Å². The summed E-state index contributed by atoms with van der Waals surface area (Å²) in [6.45, 7) is 0.415. The first-order chi connectivity index (χ1) is 17.1. The molecule has 0 spiro atoms. The van der Waals surface area contributed by atoms with Crippen LogP contribution >= 0.6 is 23.1 Å². The Morgan fingerprint density at radius 3 is 2.37 bits per heavy atom. The van der Waals surface area contributed by atoms with Gasteiger partial charge in [0, 0.05) is 10.8 Å². The van der Waals surface area contributed by atoms with Crippen LogP contribution in [0.4, 0.5) is 5.69 Å². The van der Waals surface area contributed by atoms with Gasteiger partial charge in [-0.1, -0.05) is 83.8 Å². The number of carbonyl (C=O) groups is 2. The average molecular weight is 501 g/mol. The van der Waals surface area contributed by atoms with Gasteiger partial charge in [0.15, 0.2) is 0 Å². The number of rotatable bonds is 5. The first kappa shape index (κ1) is 21.9. The molecule has 35 heavy (non-hydrogen) atoms. The van der Waals surface area contributed by atoms with Gasteiger partial charge in [0.1, 0.15) is 17.6 Å². The summed E-state index contributed by atoms with van der Waals surface area (Å²) in [7, 11) is 0. The molecule has 3 aromatic carbocycles. The van der Waals surface area contributed by atoms with Crippen LogP contribution in [0.15, 0.2) is 94.7 Å². The van der Waals surface area contributed by atoms with Gasteiger partial charge in [-0.15, -0.1) is 0 Å². The third kappa shape index (κ3) is 3.88. The molecule has 3 heterocycles. The van der Waals surface area contributed by atoms with Crippen LogP contribution in [0, 0.1) is 5.92 Å². The molecular weight excluding hydrogens is 480 g/mol. The van der Waals surface area contributed by atoms with Crippen molar-refractivity contribution in [1.82, 2.24) is 4.98 Å². The molecule has 4 aromatic rings. The third-order valence-corrected chi connectivity index (χ3v) is 8.70. The highest BCUT2D eigenvalue weighted by Gasteiger charge is 2.56. The van der Waals surface area contributed by atoms with E-state index in [1.54, 1.807) is 12.1 Å². The van der Waals surface area contributed by atoms with Crippen LogP contribution in [-0.4, -0.2) is 22.0 Å². The highest BCUT2D eigenvalue weighted by Crippen LogP contribution is 2.53. The number of benzene rings is 3. The van der Waals surface area contributed by atoms with Crippen molar-refractivity contribution < 1.29 is 14.3 Å². The second-order valence-electron chi connectivity index (χ2n) is 8.44. The van der Waals surface area contributed by atoms with E-state index in [1.165, 1.54) is 16.7 Å². The number of ether oxygens (including phenoxy) is 1. The molecule has 0 saturated carbocycles. The predicted octanol–water partition coefficient (Wildman–Crippen LogP) is 4.81. The molecule has 1 N–H and O–H groups in total. The maximum atomic E-state index is 13.7. The maximum Gasteiger partial charge on any atom is 0.305 e. The lowest BCUT2D eigenvalue weighted by Gasteiger charge is -2.30. The van der Waals surface area contributed by atoms with Crippen molar-refractivity contribution in [1.29, 1.82) is 0 Å². The number of hydrogen-bond acceptors (Lipinski definition) is 6. The molecule has 2 amide bonds. The number of nitrogens with one attached hydrogen (secondary N) is 1. The second-order valence-corrected chi connectivity index (χ2v) is 10.6. The minimum absolute atomic E-state index is 0.191. The summed E-state index contributed by atoms with van der Waals surface area (Å²) in [6, 6.07) is 26.5. The van der Waals surface area contributed by atoms with Crippen LogP contribution in [0.2, 0.25) is 0 Å². The number of nitrogens with zero attached hydrogens (tertiary/aromatic N) is 1. The molecule has 1 fully saturated rings. The van der Waals surface area contributed by atoms with Crippen LogP contribution in [0.1, 0.15) is 21.9 Å². The van der Waals surface area contributed by atoms with E-state index in [9.17, 15) is 14.4 Å². The summed E-state index contributed by atoms with van der Waals surface area (Å²) < 4.78 is 6.03. The van der Waals surface area contributed by atoms with Gasteiger partial charge < -0.3 is 9.72 Å². The predicted molar refractivity (Wildman–Crippen MR) is 136 cm³/mol. The lowest BCUT2D eigenvalue weighted by molar-refractivity contribution is -0.122. The number of H-pyrrole nitrogens is 1. The number of amides is 2. The zero-order chi connectivity index (χ0) is 23.9. The van der Waals surface area contributed by atoms with Gasteiger partial charge in [0.25, 0.3) is 0 Å². The van der Waals surface area contributed by atoms with E-state index in [0.717, 1.165) is 27.3 Å². The molecule has 0 radical (unpaired) electrons. The van der Waals surface area contributed by atoms with Crippen LogP contribution in [0.3, 0.4) is 0 Å². The van der Waals surface area contributed by atoms with E-state index in [1.807, 2.05) is 72.8 Å². The van der Waals surface area contributed by atoms with E-state index in [4.69, 9.17) is 4.74 Å². The minimum Gasteiger partial charge on any atom is -0.489 e. The van der Waals surface area contributed by atoms with Crippen molar-refractivity contribution in [3.05, 3.63) is 111 Å². The number of fused-ring (bicyclic) bond motifs is 2. The lowest BCUT2D eigenvalue weighted by atomic mass is 9.83. The molecule has 8 heteroatoms. The summed E-state index contributed by atoms with van der Waals surface area (Å²) in [5.41, 5.74) is 2.46. The third-order valence-electron chi connectivity index (χ3n) is 6.30. The molecule has 6 nitrogen and oxygen atoms in total. The van der Waals surface area contributed by atoms with Gasteiger partial charge >= 0.3 is 4.87 Å². The molecular formula is C27H20N2O4S2. The van der Waals surface area contributed by atoms with Crippen LogP contribution in [0.5, 0.6) is 5.75 Å². The van der Waals surface area contributed by atoms with Crippen LogP contribution in [0.25, 0.3) is 0 Å². The van der Waals surface area contributed by atoms with Crippen LogP contribution < -0.4 is 14.5 Å². The van der Waals surface area contributed by atoms with Crippen molar-refractivity contribution in [3.63, 3.8) is 0 Å². The molecule has 1 saturated heterocycles. The number of aromatic amines is 1. The number of imide groups is 1. The topological polar surface area (TPSA) is 79.5 Å². The second kappa shape index (κ2) is 8.87. The number of anilines is 1. The van der Waals surface area contributed by atoms with E-state index in [0.29, 0.717) is 23.1 Å². The normalized spacial score (nSPS) is 21.0. The molecule has 2 aliphatic heterocycles. The molecule has 6 rings (SSSR count). The van der Waals surface area contributed by atoms with Crippen molar-refractivity contribution in [2.75, 3.05) is 4.90 Å². The molecule has 3 atom stereocenters. The standard InChI is InChI=1S/C27H20N2O4S2/c30-25-21-20(17-10-7-13-19(14-17)33-15-16-8-3-1-4-9-16)22-24(28-27(32)35-22)34-23(21)26(31)29(25)18-11-5-2-6-12-18/h1-14,20-21,23H,15H2,(H,28,32). The van der Waals surface area contributed by atoms with Crippen molar-refractivity contribution >= 4 is 40.6 Å². The van der Waals surface area contributed by atoms with Gasteiger partial charge in [0.05, 0.1) is 16.6 Å². The molecule has 1 aromatic heterocycles. The number of thioether (sulfide) groups is 1. The number of hydrogen-bond donors (Lipinski definition) is 1. The summed E-state index contributed by atoms with van der Waals surface area (Å²) in [4.78, 5) is 44.2. The molecule has 3 unspecified atom stereocenters. The van der Waals surface area contributed by atoms with E-state index < -0.39 is 17.1 Å². The minimum atomic E-state index is -0.615. The molecule has 2 aliphatic rings. The Labute approximate surface area is 209 Å².